The summed E-state index contributed by atoms with van der Waals surface area (Å²) >= 11 is 0. The van der Waals surface area contributed by atoms with Crippen LogP contribution in [0.4, 0.5) is 0 Å². The van der Waals surface area contributed by atoms with Gasteiger partial charge in [-0.15, -0.1) is 5.10 Å². The molecule has 0 aliphatic carbocycles. The zero-order valence-electron chi connectivity index (χ0n) is 6.45. The molecule has 10 heteroatoms. The summed E-state index contributed by atoms with van der Waals surface area (Å²) in [6.45, 7) is 0. The Hall–Kier alpha value is -1.81. The molecule has 0 aliphatic rings. The van der Waals surface area contributed by atoms with Gasteiger partial charge in [-0.2, -0.15) is 8.42 Å². The van der Waals surface area contributed by atoms with E-state index in [0.29, 0.717) is 0 Å². The Labute approximate surface area is 76.2 Å². The minimum atomic E-state index is -4.49. The fourth-order valence-corrected chi connectivity index (χ4v) is 1.47. The number of imidazole rings is 1. The van der Waals surface area contributed by atoms with Crippen LogP contribution >= 0.6 is 0 Å². The number of hydrogen-bond acceptors (Lipinski definition) is 6. The normalized spacial score (nSPS) is 12.1. The Kier molecular flexibility index (Phi) is 1.62. The van der Waals surface area contributed by atoms with Crippen molar-refractivity contribution in [2.75, 3.05) is 0 Å². The highest BCUT2D eigenvalue weighted by Crippen LogP contribution is 2.08. The van der Waals surface area contributed by atoms with Crippen molar-refractivity contribution in [1.29, 1.82) is 0 Å². The summed E-state index contributed by atoms with van der Waals surface area (Å²) in [5.41, 5.74) is -1.02. The lowest BCUT2D eigenvalue weighted by atomic mass is 10.8. The second-order valence-electron chi connectivity index (χ2n) is 2.34. The van der Waals surface area contributed by atoms with Gasteiger partial charge in [-0.1, -0.05) is 5.21 Å². The first-order valence-electron chi connectivity index (χ1n) is 3.26. The van der Waals surface area contributed by atoms with Gasteiger partial charge < -0.3 is 0 Å². The molecule has 0 radical (unpaired) electrons. The molecule has 2 aromatic heterocycles. The molecule has 0 atom stereocenters. The van der Waals surface area contributed by atoms with E-state index in [9.17, 15) is 13.2 Å². The number of fused-ring (bicyclic) bond motifs is 1. The molecule has 2 N–H and O–H groups in total. The number of H-pyrrole nitrogens is 1. The third kappa shape index (κ3) is 1.16. The molecule has 0 unspecified atom stereocenters. The zero-order chi connectivity index (χ0) is 10.3. The molecule has 0 aromatic carbocycles. The monoisotopic (exact) mass is 217 g/mol. The first-order valence-corrected chi connectivity index (χ1v) is 4.70. The lowest BCUT2D eigenvalue weighted by Crippen LogP contribution is -2.18. The number of aromatic amines is 1. The smallest absolute Gasteiger partial charge is 0.281 e. The van der Waals surface area contributed by atoms with Crippen LogP contribution in [0.15, 0.2) is 16.1 Å². The molecule has 74 valence electrons. The van der Waals surface area contributed by atoms with Crippen LogP contribution in [-0.2, 0) is 10.1 Å². The summed E-state index contributed by atoms with van der Waals surface area (Å²) in [7, 11) is -4.49. The summed E-state index contributed by atoms with van der Waals surface area (Å²) in [6.07, 6.45) is 0.923. The van der Waals surface area contributed by atoms with Crippen molar-refractivity contribution < 1.29 is 13.0 Å². The van der Waals surface area contributed by atoms with E-state index in [0.717, 1.165) is 10.7 Å². The minimum absolute atomic E-state index is 0.323. The van der Waals surface area contributed by atoms with Crippen molar-refractivity contribution in [1.82, 2.24) is 24.8 Å². The van der Waals surface area contributed by atoms with Crippen LogP contribution in [0, 0.1) is 0 Å². The Morgan fingerprint density at radius 3 is 2.86 bits per heavy atom. The molecule has 0 aliphatic heterocycles. The van der Waals surface area contributed by atoms with Gasteiger partial charge in [0.15, 0.2) is 0 Å². The van der Waals surface area contributed by atoms with Crippen molar-refractivity contribution >= 4 is 15.8 Å². The summed E-state index contributed by atoms with van der Waals surface area (Å²) in [6, 6.07) is 0. The Morgan fingerprint density at radius 2 is 2.21 bits per heavy atom. The second-order valence-corrected chi connectivity index (χ2v) is 3.67. The molecular formula is C4H3N5O4S. The molecule has 0 spiro atoms. The van der Waals surface area contributed by atoms with E-state index < -0.39 is 20.8 Å². The summed E-state index contributed by atoms with van der Waals surface area (Å²) in [5.74, 6) is 0. The lowest BCUT2D eigenvalue weighted by Gasteiger charge is -1.90. The molecule has 0 fully saturated rings. The van der Waals surface area contributed by atoms with E-state index >= 15 is 0 Å². The highest BCUT2D eigenvalue weighted by atomic mass is 32.2. The highest BCUT2D eigenvalue weighted by molar-refractivity contribution is 7.86. The molecule has 9 nitrogen and oxygen atoms in total. The predicted molar refractivity (Wildman–Crippen MR) is 41.2 cm³/mol. The van der Waals surface area contributed by atoms with Crippen molar-refractivity contribution in [3.8, 4) is 0 Å². The lowest BCUT2D eigenvalue weighted by molar-refractivity contribution is 0.480. The standard InChI is InChI=1S/C4H3N5O4S/c10-4-7-8-6-2-3(14(11,12)13)5-1-9(2)4/h1H,(H,6,7,10)(H,11,12,13). The number of rotatable bonds is 1. The van der Waals surface area contributed by atoms with Gasteiger partial charge in [-0.3, -0.25) is 4.55 Å². The maximum atomic E-state index is 11.0. The van der Waals surface area contributed by atoms with Gasteiger partial charge in [-0.25, -0.2) is 19.3 Å². The van der Waals surface area contributed by atoms with Crippen LogP contribution in [0.5, 0.6) is 0 Å². The summed E-state index contributed by atoms with van der Waals surface area (Å²) < 4.78 is 30.9. The van der Waals surface area contributed by atoms with Crippen molar-refractivity contribution in [3.63, 3.8) is 0 Å². The van der Waals surface area contributed by atoms with Crippen LogP contribution in [0.3, 0.4) is 0 Å². The van der Waals surface area contributed by atoms with E-state index in [1.54, 1.807) is 0 Å². The van der Waals surface area contributed by atoms with Gasteiger partial charge >= 0.3 is 15.8 Å². The SMILES string of the molecule is O=c1[nH]nnc2c(S(=O)(=O)O)ncn12. The van der Waals surface area contributed by atoms with Crippen LogP contribution < -0.4 is 5.69 Å². The Balaban J connectivity index is 2.97. The van der Waals surface area contributed by atoms with Crippen LogP contribution in [0.2, 0.25) is 0 Å². The number of aromatic nitrogens is 5. The van der Waals surface area contributed by atoms with Gasteiger partial charge in [0.1, 0.15) is 6.33 Å². The average Bonchev–Trinajstić information content (AvgIpc) is 2.47. The fraction of sp³-hybridized carbons (Fsp3) is 0. The molecule has 0 amide bonds. The Bertz CT molecular complexity index is 639. The number of nitrogens with one attached hydrogen (secondary N) is 1. The van der Waals surface area contributed by atoms with Crippen LogP contribution in [-0.4, -0.2) is 37.8 Å². The maximum absolute atomic E-state index is 11.0. The predicted octanol–water partition coefficient (Wildman–Crippen LogP) is -1.94. The van der Waals surface area contributed by atoms with Gasteiger partial charge in [-0.05, 0) is 0 Å². The molecule has 2 aromatic rings. The van der Waals surface area contributed by atoms with Crippen molar-refractivity contribution in [3.05, 3.63) is 16.8 Å². The zero-order valence-corrected chi connectivity index (χ0v) is 7.26. The summed E-state index contributed by atoms with van der Waals surface area (Å²) in [5, 5.41) is 7.73. The third-order valence-corrected chi connectivity index (χ3v) is 2.24. The van der Waals surface area contributed by atoms with Crippen molar-refractivity contribution in [2.45, 2.75) is 5.03 Å². The number of hydrogen-bond donors (Lipinski definition) is 2. The molecule has 0 bridgehead atoms. The first-order chi connectivity index (χ1) is 6.50. The van der Waals surface area contributed by atoms with Gasteiger partial charge in [0, 0.05) is 0 Å². The van der Waals surface area contributed by atoms with Crippen LogP contribution in [0.25, 0.3) is 5.65 Å². The van der Waals surface area contributed by atoms with E-state index in [1.165, 1.54) is 0 Å². The molecule has 2 heterocycles. The second kappa shape index (κ2) is 2.59. The topological polar surface area (TPSA) is 130 Å². The maximum Gasteiger partial charge on any atom is 0.350 e. The largest absolute Gasteiger partial charge is 0.350 e. The fourth-order valence-electron chi connectivity index (χ4n) is 0.916. The summed E-state index contributed by atoms with van der Waals surface area (Å²) in [4.78, 5) is 14.3. The first kappa shape index (κ1) is 8.77. The number of nitrogens with zero attached hydrogens (tertiary/aromatic N) is 4. The van der Waals surface area contributed by atoms with Gasteiger partial charge in [0.05, 0.1) is 0 Å². The molecule has 0 saturated carbocycles. The van der Waals surface area contributed by atoms with Gasteiger partial charge in [0.2, 0.25) is 10.7 Å². The molecule has 2 rings (SSSR count). The van der Waals surface area contributed by atoms with E-state index in [1.807, 2.05) is 5.10 Å². The minimum Gasteiger partial charge on any atom is -0.281 e. The molecule has 14 heavy (non-hydrogen) atoms. The average molecular weight is 217 g/mol. The quantitative estimate of drug-likeness (QED) is 0.531. The van der Waals surface area contributed by atoms with E-state index in [4.69, 9.17) is 4.55 Å². The Morgan fingerprint density at radius 1 is 1.50 bits per heavy atom. The van der Waals surface area contributed by atoms with Crippen LogP contribution in [0.1, 0.15) is 0 Å². The molecular weight excluding hydrogens is 214 g/mol. The van der Waals surface area contributed by atoms with E-state index in [2.05, 4.69) is 15.3 Å². The highest BCUT2D eigenvalue weighted by Gasteiger charge is 2.19. The van der Waals surface area contributed by atoms with E-state index in [-0.39, 0.29) is 5.65 Å². The molecule has 0 saturated heterocycles. The van der Waals surface area contributed by atoms with Crippen molar-refractivity contribution in [2.24, 2.45) is 0 Å². The van der Waals surface area contributed by atoms with Gasteiger partial charge in [0.25, 0.3) is 0 Å². The third-order valence-electron chi connectivity index (χ3n) is 1.46.